The molecule has 0 bridgehead atoms. The molecule has 0 spiro atoms. The lowest BCUT2D eigenvalue weighted by Gasteiger charge is -2.01. The molecule has 0 rings (SSSR count). The Kier molecular flexibility index (Phi) is 6.29. The molecule has 0 aromatic heterocycles. The highest BCUT2D eigenvalue weighted by Gasteiger charge is 2.00. The van der Waals surface area contributed by atoms with E-state index in [1.54, 1.807) is 19.1 Å². The molecule has 0 aliphatic heterocycles. The summed E-state index contributed by atoms with van der Waals surface area (Å²) >= 11 is 0. The van der Waals surface area contributed by atoms with Crippen molar-refractivity contribution in [2.24, 2.45) is 0 Å². The van der Waals surface area contributed by atoms with Gasteiger partial charge in [-0.1, -0.05) is 24.8 Å². The number of aliphatic hydroxyl groups excluding tert-OH is 1. The minimum atomic E-state index is -0.233. The highest BCUT2D eigenvalue weighted by Crippen LogP contribution is 2.16. The molecule has 0 saturated heterocycles. The number of hydrogen-bond acceptors (Lipinski definition) is 1. The molecule has 0 fully saturated rings. The molecule has 1 N–H and O–H groups in total. The zero-order chi connectivity index (χ0) is 9.40. The number of hydrogen-bond donors (Lipinski definition) is 1. The molecule has 2 heteroatoms. The number of allylic oxidation sites excluding steroid dienone is 5. The van der Waals surface area contributed by atoms with Gasteiger partial charge in [0.1, 0.15) is 5.83 Å². The van der Waals surface area contributed by atoms with E-state index in [0.29, 0.717) is 18.4 Å². The van der Waals surface area contributed by atoms with Crippen LogP contribution in [-0.2, 0) is 0 Å². The average Bonchev–Trinajstić information content (AvgIpc) is 2.11. The fourth-order valence-electron chi connectivity index (χ4n) is 0.880. The lowest BCUT2D eigenvalue weighted by Crippen LogP contribution is -1.88. The van der Waals surface area contributed by atoms with Crippen LogP contribution in [0.4, 0.5) is 4.39 Å². The van der Waals surface area contributed by atoms with Crippen molar-refractivity contribution in [1.82, 2.24) is 0 Å². The summed E-state index contributed by atoms with van der Waals surface area (Å²) in [5.74, 6) is -0.233. The standard InChI is InChI=1S/C10H15FO/c1-3-6-9(7-5-8-12)10(11)4-2/h3-4,6,12H,1,5,7-8H2,2H3/b9-6-,10-4+. The van der Waals surface area contributed by atoms with Gasteiger partial charge in [-0.15, -0.1) is 0 Å². The topological polar surface area (TPSA) is 20.2 Å². The molecule has 0 aliphatic rings. The number of rotatable bonds is 5. The first kappa shape index (κ1) is 11.1. The van der Waals surface area contributed by atoms with E-state index in [0.717, 1.165) is 0 Å². The Morgan fingerprint density at radius 3 is 2.67 bits per heavy atom. The van der Waals surface area contributed by atoms with E-state index in [9.17, 15) is 4.39 Å². The van der Waals surface area contributed by atoms with Crippen molar-refractivity contribution in [1.29, 1.82) is 0 Å². The third kappa shape index (κ3) is 4.09. The zero-order valence-corrected chi connectivity index (χ0v) is 7.39. The third-order valence-electron chi connectivity index (χ3n) is 1.48. The van der Waals surface area contributed by atoms with Gasteiger partial charge in [0.15, 0.2) is 0 Å². The molecular formula is C10H15FO. The van der Waals surface area contributed by atoms with Crippen molar-refractivity contribution >= 4 is 0 Å². The molecule has 0 atom stereocenters. The Labute approximate surface area is 72.9 Å². The lowest BCUT2D eigenvalue weighted by atomic mass is 10.1. The van der Waals surface area contributed by atoms with Crippen LogP contribution in [-0.4, -0.2) is 11.7 Å². The highest BCUT2D eigenvalue weighted by molar-refractivity contribution is 5.27. The van der Waals surface area contributed by atoms with Gasteiger partial charge in [-0.3, -0.25) is 0 Å². The Hall–Kier alpha value is -0.890. The van der Waals surface area contributed by atoms with E-state index in [2.05, 4.69) is 6.58 Å². The van der Waals surface area contributed by atoms with Gasteiger partial charge >= 0.3 is 0 Å². The molecule has 0 aromatic carbocycles. The Morgan fingerprint density at radius 1 is 1.58 bits per heavy atom. The predicted molar refractivity (Wildman–Crippen MR) is 49.5 cm³/mol. The minimum absolute atomic E-state index is 0.0888. The summed E-state index contributed by atoms with van der Waals surface area (Å²) in [6.07, 6.45) is 5.73. The molecule has 0 aromatic rings. The highest BCUT2D eigenvalue weighted by atomic mass is 19.1. The molecule has 0 radical (unpaired) electrons. The first-order valence-electron chi connectivity index (χ1n) is 4.01. The van der Waals surface area contributed by atoms with Gasteiger partial charge in [0.2, 0.25) is 0 Å². The van der Waals surface area contributed by atoms with Crippen molar-refractivity contribution < 1.29 is 9.50 Å². The molecule has 0 aliphatic carbocycles. The van der Waals surface area contributed by atoms with Crippen LogP contribution < -0.4 is 0 Å². The Bertz CT molecular complexity index is 192. The second-order valence-electron chi connectivity index (χ2n) is 2.39. The second kappa shape index (κ2) is 6.80. The van der Waals surface area contributed by atoms with Crippen LogP contribution in [0.1, 0.15) is 19.8 Å². The molecule has 0 unspecified atom stereocenters. The lowest BCUT2D eigenvalue weighted by molar-refractivity contribution is 0.288. The molecule has 0 amide bonds. The van der Waals surface area contributed by atoms with Gasteiger partial charge in [0, 0.05) is 6.61 Å². The first-order valence-corrected chi connectivity index (χ1v) is 4.01. The largest absolute Gasteiger partial charge is 0.396 e. The summed E-state index contributed by atoms with van der Waals surface area (Å²) < 4.78 is 13.0. The van der Waals surface area contributed by atoms with E-state index in [1.807, 2.05) is 0 Å². The SMILES string of the molecule is C=C/C=C(CCCO)\C(F)=C/C. The van der Waals surface area contributed by atoms with Crippen LogP contribution in [0.25, 0.3) is 0 Å². The number of aliphatic hydroxyl groups is 1. The maximum absolute atomic E-state index is 13.0. The molecule has 0 saturated carbocycles. The Balaban J connectivity index is 4.24. The average molecular weight is 170 g/mol. The van der Waals surface area contributed by atoms with Gasteiger partial charge in [-0.25, -0.2) is 4.39 Å². The fraction of sp³-hybridized carbons (Fsp3) is 0.400. The summed E-state index contributed by atoms with van der Waals surface area (Å²) in [4.78, 5) is 0. The van der Waals surface area contributed by atoms with Crippen LogP contribution in [0.5, 0.6) is 0 Å². The molecule has 12 heavy (non-hydrogen) atoms. The number of halogens is 1. The van der Waals surface area contributed by atoms with E-state index in [1.165, 1.54) is 6.08 Å². The van der Waals surface area contributed by atoms with Crippen LogP contribution in [0.15, 0.2) is 36.2 Å². The van der Waals surface area contributed by atoms with Gasteiger partial charge in [0.05, 0.1) is 0 Å². The maximum atomic E-state index is 13.0. The minimum Gasteiger partial charge on any atom is -0.396 e. The summed E-state index contributed by atoms with van der Waals surface area (Å²) in [6.45, 7) is 5.23. The molecular weight excluding hydrogens is 155 g/mol. The summed E-state index contributed by atoms with van der Waals surface area (Å²) in [7, 11) is 0. The third-order valence-corrected chi connectivity index (χ3v) is 1.48. The first-order chi connectivity index (χ1) is 5.76. The molecule has 1 nitrogen and oxygen atoms in total. The van der Waals surface area contributed by atoms with Crippen LogP contribution >= 0.6 is 0 Å². The summed E-state index contributed by atoms with van der Waals surface area (Å²) in [6, 6.07) is 0. The van der Waals surface area contributed by atoms with Crippen molar-refractivity contribution in [2.75, 3.05) is 6.61 Å². The monoisotopic (exact) mass is 170 g/mol. The summed E-state index contributed by atoms with van der Waals surface area (Å²) in [5.41, 5.74) is 0.599. The van der Waals surface area contributed by atoms with Gasteiger partial charge < -0.3 is 5.11 Å². The smallest absolute Gasteiger partial charge is 0.122 e. The molecule has 0 heterocycles. The normalized spacial score (nSPS) is 13.2. The van der Waals surface area contributed by atoms with Gasteiger partial charge in [-0.2, -0.15) is 0 Å². The summed E-state index contributed by atoms with van der Waals surface area (Å²) in [5, 5.41) is 8.54. The Morgan fingerprint density at radius 2 is 2.25 bits per heavy atom. The van der Waals surface area contributed by atoms with Crippen molar-refractivity contribution in [2.45, 2.75) is 19.8 Å². The van der Waals surface area contributed by atoms with E-state index in [-0.39, 0.29) is 12.4 Å². The van der Waals surface area contributed by atoms with Crippen LogP contribution in [0.3, 0.4) is 0 Å². The molecule has 68 valence electrons. The quantitative estimate of drug-likeness (QED) is 0.629. The van der Waals surface area contributed by atoms with Crippen molar-refractivity contribution in [3.05, 3.63) is 36.2 Å². The van der Waals surface area contributed by atoms with Crippen LogP contribution in [0.2, 0.25) is 0 Å². The van der Waals surface area contributed by atoms with Crippen molar-refractivity contribution in [3.8, 4) is 0 Å². The van der Waals surface area contributed by atoms with Crippen LogP contribution in [0, 0.1) is 0 Å². The van der Waals surface area contributed by atoms with Crippen molar-refractivity contribution in [3.63, 3.8) is 0 Å². The second-order valence-corrected chi connectivity index (χ2v) is 2.39. The van der Waals surface area contributed by atoms with Gasteiger partial charge in [0.25, 0.3) is 0 Å². The van der Waals surface area contributed by atoms with E-state index < -0.39 is 0 Å². The fourth-order valence-corrected chi connectivity index (χ4v) is 0.880. The van der Waals surface area contributed by atoms with E-state index in [4.69, 9.17) is 5.11 Å². The zero-order valence-electron chi connectivity index (χ0n) is 7.39. The maximum Gasteiger partial charge on any atom is 0.122 e. The van der Waals surface area contributed by atoms with E-state index >= 15 is 0 Å². The van der Waals surface area contributed by atoms with Gasteiger partial charge in [-0.05, 0) is 25.3 Å². The predicted octanol–water partition coefficient (Wildman–Crippen LogP) is 2.74.